The molecule has 15 heavy (non-hydrogen) atoms. The van der Waals surface area contributed by atoms with E-state index in [-0.39, 0.29) is 18.7 Å². The fourth-order valence-electron chi connectivity index (χ4n) is 1.62. The van der Waals surface area contributed by atoms with Gasteiger partial charge in [0, 0.05) is 13.1 Å². The Balaban J connectivity index is 2.50. The van der Waals surface area contributed by atoms with Gasteiger partial charge in [0.15, 0.2) is 0 Å². The average molecular weight is 208 g/mol. The number of Topliss-reactive ketones (excluding diaryl/α,β-unsaturated/α-hetero) is 1. The van der Waals surface area contributed by atoms with E-state index in [1.807, 2.05) is 0 Å². The van der Waals surface area contributed by atoms with Crippen LogP contribution in [0.15, 0.2) is 18.2 Å². The molecule has 2 rings (SSSR count). The highest BCUT2D eigenvalue weighted by atomic mass is 19.1. The Bertz CT molecular complexity index is 445. The van der Waals surface area contributed by atoms with Crippen molar-refractivity contribution < 1.29 is 14.0 Å². The number of nitrogens with two attached hydrogens (primary N) is 1. The van der Waals surface area contributed by atoms with Crippen LogP contribution in [-0.2, 0) is 4.79 Å². The standard InChI is InChI=1S/C10H9FN2O2/c11-6-1-2-8-7(5-6)9(14)10(15)13(8)4-3-12/h1-2,5H,3-4,12H2. The zero-order valence-corrected chi connectivity index (χ0v) is 7.87. The molecule has 0 fully saturated rings. The van der Waals surface area contributed by atoms with Crippen LogP contribution >= 0.6 is 0 Å². The molecule has 1 aliphatic heterocycles. The molecule has 1 heterocycles. The average Bonchev–Trinajstić information content (AvgIpc) is 2.44. The maximum absolute atomic E-state index is 12.9. The summed E-state index contributed by atoms with van der Waals surface area (Å²) in [5, 5.41) is 0. The Morgan fingerprint density at radius 3 is 2.73 bits per heavy atom. The van der Waals surface area contributed by atoms with E-state index in [0.29, 0.717) is 5.69 Å². The topological polar surface area (TPSA) is 63.4 Å². The summed E-state index contributed by atoms with van der Waals surface area (Å²) in [4.78, 5) is 24.2. The lowest BCUT2D eigenvalue weighted by Gasteiger charge is -2.14. The van der Waals surface area contributed by atoms with Gasteiger partial charge in [-0.05, 0) is 18.2 Å². The first-order chi connectivity index (χ1) is 7.15. The third kappa shape index (κ3) is 1.41. The monoisotopic (exact) mass is 208 g/mol. The molecule has 0 radical (unpaired) electrons. The molecule has 0 unspecified atom stereocenters. The van der Waals surface area contributed by atoms with E-state index in [9.17, 15) is 14.0 Å². The van der Waals surface area contributed by atoms with Gasteiger partial charge in [0.1, 0.15) is 5.82 Å². The normalized spacial score (nSPS) is 14.7. The number of amides is 1. The minimum Gasteiger partial charge on any atom is -0.329 e. The second-order valence-electron chi connectivity index (χ2n) is 3.24. The van der Waals surface area contributed by atoms with Crippen molar-refractivity contribution in [3.8, 4) is 0 Å². The highest BCUT2D eigenvalue weighted by Crippen LogP contribution is 2.28. The molecule has 0 atom stereocenters. The number of fused-ring (bicyclic) bond motifs is 1. The van der Waals surface area contributed by atoms with Crippen molar-refractivity contribution >= 4 is 17.4 Å². The Morgan fingerprint density at radius 1 is 1.33 bits per heavy atom. The van der Waals surface area contributed by atoms with Crippen molar-refractivity contribution in [2.24, 2.45) is 5.73 Å². The zero-order chi connectivity index (χ0) is 11.0. The van der Waals surface area contributed by atoms with Crippen molar-refractivity contribution in [1.82, 2.24) is 0 Å². The lowest BCUT2D eigenvalue weighted by molar-refractivity contribution is -0.114. The molecule has 1 amide bonds. The molecule has 4 nitrogen and oxygen atoms in total. The van der Waals surface area contributed by atoms with Crippen LogP contribution in [-0.4, -0.2) is 24.8 Å². The van der Waals surface area contributed by atoms with Crippen molar-refractivity contribution in [2.75, 3.05) is 18.0 Å². The highest BCUT2D eigenvalue weighted by Gasteiger charge is 2.35. The van der Waals surface area contributed by atoms with Crippen LogP contribution in [0.2, 0.25) is 0 Å². The molecule has 0 saturated heterocycles. The van der Waals surface area contributed by atoms with Crippen molar-refractivity contribution in [3.05, 3.63) is 29.6 Å². The quantitative estimate of drug-likeness (QED) is 0.711. The maximum atomic E-state index is 12.9. The van der Waals surface area contributed by atoms with Crippen molar-refractivity contribution in [3.63, 3.8) is 0 Å². The van der Waals surface area contributed by atoms with Crippen molar-refractivity contribution in [1.29, 1.82) is 0 Å². The fraction of sp³-hybridized carbons (Fsp3) is 0.200. The van der Waals surface area contributed by atoms with Gasteiger partial charge in [-0.25, -0.2) is 4.39 Å². The van der Waals surface area contributed by atoms with E-state index >= 15 is 0 Å². The first-order valence-electron chi connectivity index (χ1n) is 4.51. The van der Waals surface area contributed by atoms with Crippen LogP contribution in [0, 0.1) is 5.82 Å². The fourth-order valence-corrected chi connectivity index (χ4v) is 1.62. The first-order valence-corrected chi connectivity index (χ1v) is 4.51. The van der Waals surface area contributed by atoms with Gasteiger partial charge in [0.25, 0.3) is 11.7 Å². The van der Waals surface area contributed by atoms with Gasteiger partial charge in [-0.15, -0.1) is 0 Å². The van der Waals surface area contributed by atoms with E-state index < -0.39 is 17.5 Å². The molecular weight excluding hydrogens is 199 g/mol. The molecule has 5 heteroatoms. The van der Waals surface area contributed by atoms with Crippen LogP contribution in [0.3, 0.4) is 0 Å². The third-order valence-corrected chi connectivity index (χ3v) is 2.29. The molecule has 0 aliphatic carbocycles. The molecule has 0 bridgehead atoms. The Hall–Kier alpha value is -1.75. The summed E-state index contributed by atoms with van der Waals surface area (Å²) in [6.45, 7) is 0.527. The minimum absolute atomic E-state index is 0.119. The second-order valence-corrected chi connectivity index (χ2v) is 3.24. The number of carbonyl (C=O) groups is 2. The van der Waals surface area contributed by atoms with Crippen molar-refractivity contribution in [2.45, 2.75) is 0 Å². The van der Waals surface area contributed by atoms with E-state index in [2.05, 4.69) is 0 Å². The lowest BCUT2D eigenvalue weighted by atomic mass is 10.1. The third-order valence-electron chi connectivity index (χ3n) is 2.29. The molecule has 1 aromatic rings. The van der Waals surface area contributed by atoms with Crippen LogP contribution in [0.1, 0.15) is 10.4 Å². The summed E-state index contributed by atoms with van der Waals surface area (Å²) in [6.07, 6.45) is 0. The van der Waals surface area contributed by atoms with Gasteiger partial charge in [0.2, 0.25) is 0 Å². The summed E-state index contributed by atoms with van der Waals surface area (Å²) in [5.74, 6) is -1.83. The number of hydrogen-bond acceptors (Lipinski definition) is 3. The van der Waals surface area contributed by atoms with E-state index in [1.54, 1.807) is 0 Å². The largest absolute Gasteiger partial charge is 0.329 e. The van der Waals surface area contributed by atoms with Crippen LogP contribution in [0.4, 0.5) is 10.1 Å². The summed E-state index contributed by atoms with van der Waals surface area (Å²) >= 11 is 0. The van der Waals surface area contributed by atoms with E-state index in [4.69, 9.17) is 5.73 Å². The van der Waals surface area contributed by atoms with Gasteiger partial charge in [-0.1, -0.05) is 0 Å². The van der Waals surface area contributed by atoms with E-state index in [0.717, 1.165) is 6.07 Å². The number of ketones is 1. The van der Waals surface area contributed by atoms with Gasteiger partial charge < -0.3 is 10.6 Å². The predicted molar refractivity (Wildman–Crippen MR) is 52.1 cm³/mol. The number of anilines is 1. The Morgan fingerprint density at radius 2 is 2.07 bits per heavy atom. The van der Waals surface area contributed by atoms with E-state index in [1.165, 1.54) is 17.0 Å². The molecule has 0 spiro atoms. The van der Waals surface area contributed by atoms with Crippen LogP contribution in [0.5, 0.6) is 0 Å². The SMILES string of the molecule is NCCN1C(=O)C(=O)c2cc(F)ccc21. The van der Waals surface area contributed by atoms with Crippen LogP contribution < -0.4 is 10.6 Å². The second kappa shape index (κ2) is 3.43. The lowest BCUT2D eigenvalue weighted by Crippen LogP contribution is -2.34. The molecule has 2 N–H and O–H groups in total. The summed E-state index contributed by atoms with van der Waals surface area (Å²) in [5.41, 5.74) is 5.88. The summed E-state index contributed by atoms with van der Waals surface area (Å²) < 4.78 is 12.9. The molecular formula is C10H9FN2O2. The number of hydrogen-bond donors (Lipinski definition) is 1. The molecule has 0 aromatic heterocycles. The molecule has 0 saturated carbocycles. The Kier molecular flexibility index (Phi) is 2.24. The molecule has 78 valence electrons. The number of rotatable bonds is 2. The summed E-state index contributed by atoms with van der Waals surface area (Å²) in [7, 11) is 0. The number of carbonyl (C=O) groups excluding carboxylic acids is 2. The highest BCUT2D eigenvalue weighted by molar-refractivity contribution is 6.52. The van der Waals surface area contributed by atoms with Crippen LogP contribution in [0.25, 0.3) is 0 Å². The molecule has 1 aliphatic rings. The molecule has 1 aromatic carbocycles. The smallest absolute Gasteiger partial charge is 0.299 e. The zero-order valence-electron chi connectivity index (χ0n) is 7.87. The Labute approximate surface area is 85.5 Å². The summed E-state index contributed by atoms with van der Waals surface area (Å²) in [6, 6.07) is 3.71. The number of nitrogens with zero attached hydrogens (tertiary/aromatic N) is 1. The van der Waals surface area contributed by atoms with Gasteiger partial charge in [0.05, 0.1) is 11.3 Å². The van der Waals surface area contributed by atoms with Gasteiger partial charge in [-0.3, -0.25) is 9.59 Å². The minimum atomic E-state index is -0.669. The maximum Gasteiger partial charge on any atom is 0.299 e. The first kappa shape index (κ1) is 9.79. The number of benzene rings is 1. The number of halogens is 1. The predicted octanol–water partition coefficient (Wildman–Crippen LogP) is 0.314. The van der Waals surface area contributed by atoms with Gasteiger partial charge >= 0.3 is 0 Å². The van der Waals surface area contributed by atoms with Gasteiger partial charge in [-0.2, -0.15) is 0 Å².